The van der Waals surface area contributed by atoms with Crippen molar-refractivity contribution in [3.63, 3.8) is 0 Å². The molecule has 16 heavy (non-hydrogen) atoms. The number of aromatic carboxylic acids is 1. The van der Waals surface area contributed by atoms with Crippen LogP contribution in [0.4, 0.5) is 0 Å². The number of aliphatic hydroxyl groups is 1. The van der Waals surface area contributed by atoms with Crippen molar-refractivity contribution in [1.82, 2.24) is 19.6 Å². The molecule has 84 valence electrons. The molecule has 2 heterocycles. The number of aromatic amines is 1. The fourth-order valence-corrected chi connectivity index (χ4v) is 1.28. The van der Waals surface area contributed by atoms with Gasteiger partial charge in [-0.2, -0.15) is 4.98 Å². The number of hydrogen-bond acceptors (Lipinski definition) is 5. The minimum absolute atomic E-state index is 0.0593. The van der Waals surface area contributed by atoms with Gasteiger partial charge in [0.2, 0.25) is 5.78 Å². The Morgan fingerprint density at radius 3 is 2.94 bits per heavy atom. The number of rotatable bonds is 3. The summed E-state index contributed by atoms with van der Waals surface area (Å²) in [7, 11) is 0. The Labute approximate surface area is 88.2 Å². The smallest absolute Gasteiger partial charge is 0.375 e. The van der Waals surface area contributed by atoms with Gasteiger partial charge in [0, 0.05) is 24.8 Å². The first-order valence-corrected chi connectivity index (χ1v) is 4.44. The molecule has 0 aliphatic carbocycles. The summed E-state index contributed by atoms with van der Waals surface area (Å²) in [6.45, 7) is -0.172. The first kappa shape index (κ1) is 10.3. The number of fused-ring (bicyclic) bond motifs is 1. The molecule has 0 atom stereocenters. The van der Waals surface area contributed by atoms with Crippen LogP contribution in [0.5, 0.6) is 0 Å². The van der Waals surface area contributed by atoms with Crippen molar-refractivity contribution in [2.24, 2.45) is 0 Å². The third kappa shape index (κ3) is 1.65. The quantitative estimate of drug-likeness (QED) is 0.592. The van der Waals surface area contributed by atoms with Crippen molar-refractivity contribution < 1.29 is 15.0 Å². The third-order valence-corrected chi connectivity index (χ3v) is 2.00. The third-order valence-electron chi connectivity index (χ3n) is 2.00. The number of aliphatic hydroxyl groups excluding tert-OH is 1. The molecule has 0 aliphatic heterocycles. The Balaban J connectivity index is 2.61. The second kappa shape index (κ2) is 3.74. The van der Waals surface area contributed by atoms with E-state index in [2.05, 4.69) is 15.1 Å². The SMILES string of the molecule is O=C(O)c1nc2[nH]c(=O)c(CCO)cn2n1. The van der Waals surface area contributed by atoms with Gasteiger partial charge in [0.15, 0.2) is 0 Å². The molecule has 0 aliphatic rings. The van der Waals surface area contributed by atoms with Crippen LogP contribution >= 0.6 is 0 Å². The maximum Gasteiger partial charge on any atom is 0.375 e. The highest BCUT2D eigenvalue weighted by Gasteiger charge is 2.12. The molecule has 8 heteroatoms. The molecule has 0 amide bonds. The second-order valence-corrected chi connectivity index (χ2v) is 3.09. The van der Waals surface area contributed by atoms with E-state index in [0.29, 0.717) is 5.56 Å². The summed E-state index contributed by atoms with van der Waals surface area (Å²) in [5, 5.41) is 21.0. The van der Waals surface area contributed by atoms with Gasteiger partial charge < -0.3 is 10.2 Å². The zero-order valence-electron chi connectivity index (χ0n) is 8.04. The number of nitrogens with zero attached hydrogens (tertiary/aromatic N) is 3. The van der Waals surface area contributed by atoms with E-state index in [1.807, 2.05) is 0 Å². The zero-order chi connectivity index (χ0) is 11.7. The molecule has 0 fully saturated rings. The van der Waals surface area contributed by atoms with Crippen LogP contribution in [-0.4, -0.2) is 42.4 Å². The number of nitrogens with one attached hydrogen (secondary N) is 1. The molecular weight excluding hydrogens is 216 g/mol. The predicted molar refractivity (Wildman–Crippen MR) is 51.4 cm³/mol. The van der Waals surface area contributed by atoms with Gasteiger partial charge in [-0.15, -0.1) is 5.10 Å². The van der Waals surface area contributed by atoms with E-state index in [1.54, 1.807) is 0 Å². The largest absolute Gasteiger partial charge is 0.475 e. The molecule has 0 saturated carbocycles. The second-order valence-electron chi connectivity index (χ2n) is 3.09. The van der Waals surface area contributed by atoms with E-state index >= 15 is 0 Å². The van der Waals surface area contributed by atoms with Crippen LogP contribution < -0.4 is 5.56 Å². The maximum atomic E-state index is 11.4. The maximum absolute atomic E-state index is 11.4. The van der Waals surface area contributed by atoms with Gasteiger partial charge in [0.25, 0.3) is 11.4 Å². The highest BCUT2D eigenvalue weighted by atomic mass is 16.4. The number of aromatic nitrogens is 4. The first-order valence-electron chi connectivity index (χ1n) is 4.44. The van der Waals surface area contributed by atoms with Crippen molar-refractivity contribution in [1.29, 1.82) is 0 Å². The van der Waals surface area contributed by atoms with Gasteiger partial charge >= 0.3 is 5.97 Å². The van der Waals surface area contributed by atoms with Crippen LogP contribution in [0.15, 0.2) is 11.0 Å². The lowest BCUT2D eigenvalue weighted by Gasteiger charge is -1.96. The van der Waals surface area contributed by atoms with Crippen LogP contribution in [0.2, 0.25) is 0 Å². The minimum atomic E-state index is -1.27. The lowest BCUT2D eigenvalue weighted by atomic mass is 10.2. The lowest BCUT2D eigenvalue weighted by Crippen LogP contribution is -2.16. The van der Waals surface area contributed by atoms with Crippen LogP contribution in [0.1, 0.15) is 16.2 Å². The fraction of sp³-hybridized carbons (Fsp3) is 0.250. The van der Waals surface area contributed by atoms with Gasteiger partial charge in [-0.1, -0.05) is 0 Å². The minimum Gasteiger partial charge on any atom is -0.475 e. The molecule has 0 aromatic carbocycles. The molecule has 2 rings (SSSR count). The summed E-state index contributed by atoms with van der Waals surface area (Å²) in [6, 6.07) is 0. The number of carbonyl (C=O) groups is 1. The van der Waals surface area contributed by atoms with Crippen LogP contribution in [0, 0.1) is 0 Å². The Morgan fingerprint density at radius 1 is 1.56 bits per heavy atom. The van der Waals surface area contributed by atoms with E-state index in [-0.39, 0.29) is 18.8 Å². The number of carboxylic acid groups (broad SMARTS) is 1. The van der Waals surface area contributed by atoms with E-state index in [4.69, 9.17) is 10.2 Å². The summed E-state index contributed by atoms with van der Waals surface area (Å²) >= 11 is 0. The molecule has 8 nitrogen and oxygen atoms in total. The van der Waals surface area contributed by atoms with Crippen molar-refractivity contribution in [3.05, 3.63) is 27.9 Å². The first-order chi connectivity index (χ1) is 7.61. The molecule has 0 unspecified atom stereocenters. The number of carboxylic acids is 1. The van der Waals surface area contributed by atoms with E-state index in [9.17, 15) is 9.59 Å². The summed E-state index contributed by atoms with van der Waals surface area (Å²) in [5.74, 6) is -1.60. The van der Waals surface area contributed by atoms with Gasteiger partial charge in [0.1, 0.15) is 0 Å². The van der Waals surface area contributed by atoms with Gasteiger partial charge in [-0.05, 0) is 0 Å². The summed E-state index contributed by atoms with van der Waals surface area (Å²) in [6.07, 6.45) is 1.53. The van der Waals surface area contributed by atoms with Crippen molar-refractivity contribution in [2.45, 2.75) is 6.42 Å². The summed E-state index contributed by atoms with van der Waals surface area (Å²) < 4.78 is 1.16. The zero-order valence-corrected chi connectivity index (χ0v) is 8.04. The van der Waals surface area contributed by atoms with Crippen molar-refractivity contribution in [2.75, 3.05) is 6.61 Å². The average Bonchev–Trinajstić information content (AvgIpc) is 2.61. The lowest BCUT2D eigenvalue weighted by molar-refractivity contribution is 0.0684. The topological polar surface area (TPSA) is 121 Å². The molecule has 2 aromatic heterocycles. The Bertz CT molecular complexity index is 600. The van der Waals surface area contributed by atoms with Crippen LogP contribution in [0.3, 0.4) is 0 Å². The van der Waals surface area contributed by atoms with E-state index in [1.165, 1.54) is 6.20 Å². The molecule has 0 radical (unpaired) electrons. The van der Waals surface area contributed by atoms with Crippen molar-refractivity contribution >= 4 is 11.7 Å². The van der Waals surface area contributed by atoms with E-state index in [0.717, 1.165) is 4.52 Å². The average molecular weight is 224 g/mol. The standard InChI is InChI=1S/C8H8N4O4/c13-2-1-4-3-12-8(10-6(4)14)9-5(11-12)7(15)16/h3,13H,1-2H2,(H,15,16)(H,9,10,11,14). The molecule has 0 saturated heterocycles. The van der Waals surface area contributed by atoms with Gasteiger partial charge in [-0.25, -0.2) is 9.31 Å². The Hall–Kier alpha value is -2.22. The molecule has 3 N–H and O–H groups in total. The predicted octanol–water partition coefficient (Wildman–Crippen LogP) is -1.35. The molecule has 2 aromatic rings. The normalized spacial score (nSPS) is 10.8. The Morgan fingerprint density at radius 2 is 2.31 bits per heavy atom. The van der Waals surface area contributed by atoms with Crippen LogP contribution in [0.25, 0.3) is 5.78 Å². The molecule has 0 bridgehead atoms. The summed E-state index contributed by atoms with van der Waals surface area (Å²) in [5.41, 5.74) is -0.0947. The molecular formula is C8H8N4O4. The monoisotopic (exact) mass is 224 g/mol. The molecule has 0 spiro atoms. The summed E-state index contributed by atoms with van der Waals surface area (Å²) in [4.78, 5) is 28.0. The van der Waals surface area contributed by atoms with Crippen LogP contribution in [-0.2, 0) is 6.42 Å². The Kier molecular flexibility index (Phi) is 2.41. The van der Waals surface area contributed by atoms with Gasteiger partial charge in [0.05, 0.1) is 0 Å². The van der Waals surface area contributed by atoms with Gasteiger partial charge in [-0.3, -0.25) is 9.78 Å². The van der Waals surface area contributed by atoms with Crippen molar-refractivity contribution in [3.8, 4) is 0 Å². The van der Waals surface area contributed by atoms with E-state index < -0.39 is 17.4 Å². The number of hydrogen-bond donors (Lipinski definition) is 3. The highest BCUT2D eigenvalue weighted by Crippen LogP contribution is 1.98. The number of H-pyrrole nitrogens is 1. The highest BCUT2D eigenvalue weighted by molar-refractivity contribution is 5.83. The fourth-order valence-electron chi connectivity index (χ4n) is 1.28.